The van der Waals surface area contributed by atoms with Crippen LogP contribution < -0.4 is 4.74 Å². The van der Waals surface area contributed by atoms with E-state index >= 15 is 0 Å². The number of amides is 1. The lowest BCUT2D eigenvalue weighted by atomic mass is 10.2. The Morgan fingerprint density at radius 2 is 1.88 bits per heavy atom. The average molecular weight is 346 g/mol. The van der Waals surface area contributed by atoms with E-state index in [4.69, 9.17) is 4.74 Å². The highest BCUT2D eigenvalue weighted by Gasteiger charge is 2.23. The first-order valence-corrected chi connectivity index (χ1v) is 9.01. The minimum atomic E-state index is -0.537. The van der Waals surface area contributed by atoms with Gasteiger partial charge in [0.15, 0.2) is 0 Å². The highest BCUT2D eigenvalue weighted by atomic mass is 32.1. The van der Waals surface area contributed by atoms with E-state index in [2.05, 4.69) is 4.90 Å². The highest BCUT2D eigenvalue weighted by Crippen LogP contribution is 2.14. The summed E-state index contributed by atoms with van der Waals surface area (Å²) in [7, 11) is 0. The molecule has 1 aliphatic heterocycles. The van der Waals surface area contributed by atoms with Crippen molar-refractivity contribution in [2.45, 2.75) is 6.10 Å². The van der Waals surface area contributed by atoms with Gasteiger partial charge in [-0.2, -0.15) is 0 Å². The van der Waals surface area contributed by atoms with Crippen LogP contribution in [0.5, 0.6) is 5.75 Å². The van der Waals surface area contributed by atoms with Crippen molar-refractivity contribution >= 4 is 17.2 Å². The predicted octanol–water partition coefficient (Wildman–Crippen LogP) is 1.95. The summed E-state index contributed by atoms with van der Waals surface area (Å²) in [6, 6.07) is 13.3. The zero-order valence-corrected chi connectivity index (χ0v) is 14.3. The second kappa shape index (κ2) is 8.28. The number of benzene rings is 1. The Balaban J connectivity index is 1.39. The molecule has 1 fully saturated rings. The van der Waals surface area contributed by atoms with Gasteiger partial charge in [-0.15, -0.1) is 11.3 Å². The van der Waals surface area contributed by atoms with E-state index in [0.717, 1.165) is 23.7 Å². The molecule has 1 aromatic carbocycles. The third-order valence-electron chi connectivity index (χ3n) is 4.05. The number of piperazine rings is 1. The van der Waals surface area contributed by atoms with Gasteiger partial charge in [-0.25, -0.2) is 0 Å². The number of ether oxygens (including phenoxy) is 1. The van der Waals surface area contributed by atoms with Crippen LogP contribution in [0.3, 0.4) is 0 Å². The third kappa shape index (κ3) is 4.56. The van der Waals surface area contributed by atoms with Gasteiger partial charge in [0, 0.05) is 32.7 Å². The van der Waals surface area contributed by atoms with E-state index in [9.17, 15) is 9.90 Å². The van der Waals surface area contributed by atoms with Gasteiger partial charge in [-0.1, -0.05) is 24.3 Å². The number of para-hydroxylation sites is 1. The summed E-state index contributed by atoms with van der Waals surface area (Å²) in [6.45, 7) is 3.79. The predicted molar refractivity (Wildman–Crippen MR) is 94.6 cm³/mol. The van der Waals surface area contributed by atoms with Gasteiger partial charge in [0.1, 0.15) is 18.5 Å². The molecule has 0 saturated carbocycles. The molecule has 6 heteroatoms. The average Bonchev–Trinajstić information content (AvgIpc) is 3.16. The van der Waals surface area contributed by atoms with Crippen LogP contribution in [-0.2, 0) is 0 Å². The van der Waals surface area contributed by atoms with Crippen molar-refractivity contribution < 1.29 is 14.6 Å². The number of thiophene rings is 1. The lowest BCUT2D eigenvalue weighted by Crippen LogP contribution is -2.50. The summed E-state index contributed by atoms with van der Waals surface area (Å²) in [5, 5.41) is 12.1. The molecule has 0 aliphatic carbocycles. The molecule has 0 unspecified atom stereocenters. The van der Waals surface area contributed by atoms with Gasteiger partial charge in [0.2, 0.25) is 0 Å². The first-order chi connectivity index (χ1) is 11.7. The van der Waals surface area contributed by atoms with Crippen LogP contribution in [0.2, 0.25) is 0 Å². The van der Waals surface area contributed by atoms with Gasteiger partial charge in [0.05, 0.1) is 4.88 Å². The summed E-state index contributed by atoms with van der Waals surface area (Å²) in [6.07, 6.45) is -0.537. The SMILES string of the molecule is O=C(c1cccs1)N1CCN(C[C@H](O)COc2ccccc2)CC1. The van der Waals surface area contributed by atoms with E-state index in [1.54, 1.807) is 0 Å². The number of hydrogen-bond acceptors (Lipinski definition) is 5. The highest BCUT2D eigenvalue weighted by molar-refractivity contribution is 7.12. The Hall–Kier alpha value is -1.89. The molecule has 1 saturated heterocycles. The van der Waals surface area contributed by atoms with E-state index in [1.165, 1.54) is 11.3 Å². The number of aliphatic hydroxyl groups is 1. The quantitative estimate of drug-likeness (QED) is 0.869. The van der Waals surface area contributed by atoms with Crippen LogP contribution in [0.25, 0.3) is 0 Å². The monoisotopic (exact) mass is 346 g/mol. The van der Waals surface area contributed by atoms with Gasteiger partial charge in [0.25, 0.3) is 5.91 Å². The third-order valence-corrected chi connectivity index (χ3v) is 4.90. The van der Waals surface area contributed by atoms with Crippen molar-refractivity contribution in [2.75, 3.05) is 39.3 Å². The summed E-state index contributed by atoms with van der Waals surface area (Å²) in [4.78, 5) is 17.2. The zero-order valence-electron chi connectivity index (χ0n) is 13.5. The van der Waals surface area contributed by atoms with E-state index in [0.29, 0.717) is 19.6 Å². The molecule has 128 valence electrons. The smallest absolute Gasteiger partial charge is 0.264 e. The van der Waals surface area contributed by atoms with Gasteiger partial charge < -0.3 is 14.7 Å². The van der Waals surface area contributed by atoms with Crippen LogP contribution in [0.1, 0.15) is 9.67 Å². The molecular formula is C18H22N2O3S. The summed E-state index contributed by atoms with van der Waals surface area (Å²) < 4.78 is 5.58. The Bertz CT molecular complexity index is 625. The molecule has 1 aliphatic rings. The fraction of sp³-hybridized carbons (Fsp3) is 0.389. The number of carbonyl (C=O) groups excluding carboxylic acids is 1. The fourth-order valence-corrected chi connectivity index (χ4v) is 3.44. The second-order valence-electron chi connectivity index (χ2n) is 5.85. The van der Waals surface area contributed by atoms with Crippen molar-refractivity contribution in [1.29, 1.82) is 0 Å². The summed E-state index contributed by atoms with van der Waals surface area (Å²) >= 11 is 1.48. The number of carbonyl (C=O) groups is 1. The number of aliphatic hydroxyl groups excluding tert-OH is 1. The molecule has 1 aromatic heterocycles. The molecule has 24 heavy (non-hydrogen) atoms. The Labute approximate surface area is 146 Å². The van der Waals surface area contributed by atoms with Crippen molar-refractivity contribution in [3.63, 3.8) is 0 Å². The standard InChI is InChI=1S/C18H22N2O3S/c21-15(14-23-16-5-2-1-3-6-16)13-19-8-10-20(11-9-19)18(22)17-7-4-12-24-17/h1-7,12,15,21H,8-11,13-14H2/t15-/m0/s1. The minimum absolute atomic E-state index is 0.109. The zero-order chi connectivity index (χ0) is 16.8. The van der Waals surface area contributed by atoms with Crippen LogP contribution in [-0.4, -0.2) is 66.2 Å². The van der Waals surface area contributed by atoms with Gasteiger partial charge >= 0.3 is 0 Å². The number of β-amino-alcohol motifs (C(OH)–C–C–N with tert-alkyl or cyclic N) is 1. The topological polar surface area (TPSA) is 53.0 Å². The van der Waals surface area contributed by atoms with Crippen molar-refractivity contribution in [3.8, 4) is 5.75 Å². The molecule has 2 heterocycles. The number of rotatable bonds is 6. The maximum Gasteiger partial charge on any atom is 0.264 e. The van der Waals surface area contributed by atoms with Crippen LogP contribution >= 0.6 is 11.3 Å². The Morgan fingerprint density at radius 3 is 2.54 bits per heavy atom. The fourth-order valence-electron chi connectivity index (χ4n) is 2.75. The van der Waals surface area contributed by atoms with E-state index < -0.39 is 6.10 Å². The van der Waals surface area contributed by atoms with Gasteiger partial charge in [-0.05, 0) is 23.6 Å². The first-order valence-electron chi connectivity index (χ1n) is 8.13. The lowest BCUT2D eigenvalue weighted by molar-refractivity contribution is 0.0406. The molecule has 2 aromatic rings. The van der Waals surface area contributed by atoms with Crippen molar-refractivity contribution in [1.82, 2.24) is 9.80 Å². The first kappa shape index (κ1) is 17.0. The molecule has 0 spiro atoms. The maximum atomic E-state index is 12.3. The number of hydrogen-bond donors (Lipinski definition) is 1. The molecular weight excluding hydrogens is 324 g/mol. The van der Waals surface area contributed by atoms with Crippen LogP contribution in [0.4, 0.5) is 0 Å². The maximum absolute atomic E-state index is 12.3. The van der Waals surface area contributed by atoms with E-state index in [1.807, 2.05) is 52.7 Å². The van der Waals surface area contributed by atoms with Crippen molar-refractivity contribution in [2.24, 2.45) is 0 Å². The molecule has 1 N–H and O–H groups in total. The largest absolute Gasteiger partial charge is 0.491 e. The van der Waals surface area contributed by atoms with Crippen LogP contribution in [0.15, 0.2) is 47.8 Å². The Kier molecular flexibility index (Phi) is 5.85. The Morgan fingerprint density at radius 1 is 1.12 bits per heavy atom. The normalized spacial score (nSPS) is 16.8. The minimum Gasteiger partial charge on any atom is -0.491 e. The molecule has 0 radical (unpaired) electrons. The summed E-state index contributed by atoms with van der Waals surface area (Å²) in [5.74, 6) is 0.875. The molecule has 3 rings (SSSR count). The molecule has 5 nitrogen and oxygen atoms in total. The second-order valence-corrected chi connectivity index (χ2v) is 6.80. The molecule has 1 atom stereocenters. The summed E-state index contributed by atoms with van der Waals surface area (Å²) in [5.41, 5.74) is 0. The van der Waals surface area contributed by atoms with Crippen LogP contribution in [0, 0.1) is 0 Å². The lowest BCUT2D eigenvalue weighted by Gasteiger charge is -2.35. The molecule has 1 amide bonds. The van der Waals surface area contributed by atoms with Crippen molar-refractivity contribution in [3.05, 3.63) is 52.7 Å². The van der Waals surface area contributed by atoms with E-state index in [-0.39, 0.29) is 12.5 Å². The molecule has 0 bridgehead atoms. The van der Waals surface area contributed by atoms with Gasteiger partial charge in [-0.3, -0.25) is 9.69 Å². The number of nitrogens with zero attached hydrogens (tertiary/aromatic N) is 2.